The first-order valence-corrected chi connectivity index (χ1v) is 9.14. The van der Waals surface area contributed by atoms with Crippen molar-refractivity contribution in [2.75, 3.05) is 24.3 Å². The molecule has 2 N–H and O–H groups in total. The van der Waals surface area contributed by atoms with E-state index in [-0.39, 0.29) is 11.9 Å². The molecule has 1 atom stereocenters. The highest BCUT2D eigenvalue weighted by atomic mass is 35.5. The third-order valence-electron chi connectivity index (χ3n) is 4.54. The molecule has 0 aromatic heterocycles. The average molecular weight is 388 g/mol. The normalized spacial score (nSPS) is 16.1. The van der Waals surface area contributed by atoms with E-state index in [4.69, 9.17) is 16.3 Å². The van der Waals surface area contributed by atoms with Crippen LogP contribution >= 0.6 is 11.6 Å². The molecule has 6 nitrogen and oxygen atoms in total. The van der Waals surface area contributed by atoms with Gasteiger partial charge in [-0.15, -0.1) is 0 Å². The molecule has 0 bridgehead atoms. The summed E-state index contributed by atoms with van der Waals surface area (Å²) >= 11 is 6.02. The maximum atomic E-state index is 12.8. The molecule has 1 heterocycles. The van der Waals surface area contributed by atoms with Gasteiger partial charge in [0.25, 0.3) is 0 Å². The molecule has 2 aromatic rings. The Hall–Kier alpha value is -2.73. The van der Waals surface area contributed by atoms with Crippen molar-refractivity contribution in [3.05, 3.63) is 53.1 Å². The van der Waals surface area contributed by atoms with E-state index in [1.165, 1.54) is 7.11 Å². The number of hydrogen-bond acceptors (Lipinski definition) is 3. The van der Waals surface area contributed by atoms with Crippen molar-refractivity contribution >= 4 is 34.9 Å². The summed E-state index contributed by atoms with van der Waals surface area (Å²) in [6.07, 6.45) is 1.38. The van der Waals surface area contributed by atoms with Gasteiger partial charge in [0.2, 0.25) is 5.91 Å². The van der Waals surface area contributed by atoms with Gasteiger partial charge < -0.3 is 20.3 Å². The van der Waals surface area contributed by atoms with Gasteiger partial charge in [-0.3, -0.25) is 4.79 Å². The molecule has 0 saturated carbocycles. The predicted molar refractivity (Wildman–Crippen MR) is 107 cm³/mol. The van der Waals surface area contributed by atoms with Gasteiger partial charge in [-0.05, 0) is 50.1 Å². The lowest BCUT2D eigenvalue weighted by atomic mass is 10.2. The molecule has 0 unspecified atom stereocenters. The maximum absolute atomic E-state index is 12.8. The Kier molecular flexibility index (Phi) is 5.86. The van der Waals surface area contributed by atoms with Crippen LogP contribution < -0.4 is 15.4 Å². The average Bonchev–Trinajstić information content (AvgIpc) is 3.14. The summed E-state index contributed by atoms with van der Waals surface area (Å²) in [7, 11) is 1.52. The van der Waals surface area contributed by atoms with Gasteiger partial charge in [0.1, 0.15) is 11.8 Å². The number of hydrogen-bond donors (Lipinski definition) is 2. The van der Waals surface area contributed by atoms with E-state index in [0.717, 1.165) is 12.0 Å². The molecule has 1 saturated heterocycles. The lowest BCUT2D eigenvalue weighted by Crippen LogP contribution is -2.45. The number of rotatable bonds is 4. The van der Waals surface area contributed by atoms with Gasteiger partial charge in [0.05, 0.1) is 12.8 Å². The van der Waals surface area contributed by atoms with Crippen LogP contribution in [0.1, 0.15) is 18.4 Å². The van der Waals surface area contributed by atoms with Crippen LogP contribution in [-0.2, 0) is 4.79 Å². The number of carbonyl (C=O) groups is 2. The number of anilines is 2. The zero-order chi connectivity index (χ0) is 19.4. The lowest BCUT2D eigenvalue weighted by Gasteiger charge is -2.24. The summed E-state index contributed by atoms with van der Waals surface area (Å²) in [6.45, 7) is 2.51. The second kappa shape index (κ2) is 8.31. The highest BCUT2D eigenvalue weighted by Gasteiger charge is 2.34. The summed E-state index contributed by atoms with van der Waals surface area (Å²) in [5.74, 6) is 0.258. The zero-order valence-electron chi connectivity index (χ0n) is 15.3. The van der Waals surface area contributed by atoms with Crippen LogP contribution in [0.5, 0.6) is 5.75 Å². The first-order chi connectivity index (χ1) is 13.0. The van der Waals surface area contributed by atoms with E-state index < -0.39 is 6.04 Å². The zero-order valence-corrected chi connectivity index (χ0v) is 16.0. The molecule has 3 amide bonds. The number of likely N-dealkylation sites (tertiary alicyclic amines) is 1. The Morgan fingerprint density at radius 2 is 1.89 bits per heavy atom. The van der Waals surface area contributed by atoms with Crippen molar-refractivity contribution in [1.82, 2.24) is 4.90 Å². The maximum Gasteiger partial charge on any atom is 0.322 e. The number of carbonyl (C=O) groups excluding carboxylic acids is 2. The first-order valence-electron chi connectivity index (χ1n) is 8.76. The van der Waals surface area contributed by atoms with E-state index in [9.17, 15) is 9.59 Å². The van der Waals surface area contributed by atoms with Crippen molar-refractivity contribution in [3.8, 4) is 5.75 Å². The standard InChI is InChI=1S/C20H22ClN3O3/c1-13-5-8-15(9-6-13)22-20(26)24-11-3-4-17(24)19(25)23-16-12-14(21)7-10-18(16)27-2/h5-10,12,17H,3-4,11H2,1-2H3,(H,22,26)(H,23,25)/t17-/m1/s1. The summed E-state index contributed by atoms with van der Waals surface area (Å²) in [4.78, 5) is 27.0. The fourth-order valence-corrected chi connectivity index (χ4v) is 3.28. The topological polar surface area (TPSA) is 70.7 Å². The van der Waals surface area contributed by atoms with E-state index in [2.05, 4.69) is 10.6 Å². The minimum atomic E-state index is -0.542. The molecule has 2 aromatic carbocycles. The molecule has 7 heteroatoms. The quantitative estimate of drug-likeness (QED) is 0.822. The third-order valence-corrected chi connectivity index (χ3v) is 4.77. The molecule has 1 aliphatic rings. The second-order valence-electron chi connectivity index (χ2n) is 6.48. The second-order valence-corrected chi connectivity index (χ2v) is 6.92. The molecule has 27 heavy (non-hydrogen) atoms. The number of aryl methyl sites for hydroxylation is 1. The van der Waals surface area contributed by atoms with Crippen LogP contribution in [0.25, 0.3) is 0 Å². The number of methoxy groups -OCH3 is 1. The van der Waals surface area contributed by atoms with Crippen LogP contribution in [-0.4, -0.2) is 36.5 Å². The van der Waals surface area contributed by atoms with Crippen LogP contribution in [0.2, 0.25) is 5.02 Å². The largest absolute Gasteiger partial charge is 0.495 e. The summed E-state index contributed by atoms with van der Waals surface area (Å²) in [6, 6.07) is 11.7. The molecule has 1 aliphatic heterocycles. The SMILES string of the molecule is COc1ccc(Cl)cc1NC(=O)[C@H]1CCCN1C(=O)Nc1ccc(C)cc1. The number of ether oxygens (including phenoxy) is 1. The Morgan fingerprint density at radius 1 is 1.15 bits per heavy atom. The highest BCUT2D eigenvalue weighted by molar-refractivity contribution is 6.31. The number of halogens is 1. The fraction of sp³-hybridized carbons (Fsp3) is 0.300. The van der Waals surface area contributed by atoms with Crippen molar-refractivity contribution in [1.29, 1.82) is 0 Å². The summed E-state index contributed by atoms with van der Waals surface area (Å²) < 4.78 is 5.26. The number of nitrogens with one attached hydrogen (secondary N) is 2. The lowest BCUT2D eigenvalue weighted by molar-refractivity contribution is -0.119. The molecule has 0 radical (unpaired) electrons. The van der Waals surface area contributed by atoms with Gasteiger partial charge in [-0.2, -0.15) is 0 Å². The van der Waals surface area contributed by atoms with Crippen LogP contribution in [0.15, 0.2) is 42.5 Å². The number of benzene rings is 2. The van der Waals surface area contributed by atoms with Crippen molar-refractivity contribution in [3.63, 3.8) is 0 Å². The van der Waals surface area contributed by atoms with E-state index in [1.54, 1.807) is 23.1 Å². The van der Waals surface area contributed by atoms with Crippen LogP contribution in [0.4, 0.5) is 16.2 Å². The van der Waals surface area contributed by atoms with E-state index >= 15 is 0 Å². The monoisotopic (exact) mass is 387 g/mol. The number of nitrogens with zero attached hydrogens (tertiary/aromatic N) is 1. The van der Waals surface area contributed by atoms with Gasteiger partial charge in [-0.1, -0.05) is 29.3 Å². The summed E-state index contributed by atoms with van der Waals surface area (Å²) in [5.41, 5.74) is 2.30. The van der Waals surface area contributed by atoms with Crippen molar-refractivity contribution in [2.24, 2.45) is 0 Å². The van der Waals surface area contributed by atoms with Gasteiger partial charge >= 0.3 is 6.03 Å². The molecule has 0 aliphatic carbocycles. The molecular weight excluding hydrogens is 366 g/mol. The Morgan fingerprint density at radius 3 is 2.59 bits per heavy atom. The van der Waals surface area contributed by atoms with Crippen molar-refractivity contribution in [2.45, 2.75) is 25.8 Å². The first kappa shape index (κ1) is 19.0. The van der Waals surface area contributed by atoms with E-state index in [0.29, 0.717) is 35.1 Å². The van der Waals surface area contributed by atoms with Crippen LogP contribution in [0, 0.1) is 6.92 Å². The number of urea groups is 1. The van der Waals surface area contributed by atoms with Gasteiger partial charge in [0, 0.05) is 17.3 Å². The molecule has 142 valence electrons. The predicted octanol–water partition coefficient (Wildman–Crippen LogP) is 4.29. The Bertz CT molecular complexity index is 839. The van der Waals surface area contributed by atoms with Crippen molar-refractivity contribution < 1.29 is 14.3 Å². The Balaban J connectivity index is 1.70. The molecular formula is C20H22ClN3O3. The Labute approximate surface area is 163 Å². The number of amides is 3. The molecule has 3 rings (SSSR count). The minimum Gasteiger partial charge on any atom is -0.495 e. The molecule has 0 spiro atoms. The van der Waals surface area contributed by atoms with Crippen LogP contribution in [0.3, 0.4) is 0 Å². The third kappa shape index (κ3) is 4.52. The van der Waals surface area contributed by atoms with E-state index in [1.807, 2.05) is 31.2 Å². The molecule has 1 fully saturated rings. The minimum absolute atomic E-state index is 0.257. The van der Waals surface area contributed by atoms with Gasteiger partial charge in [-0.25, -0.2) is 4.79 Å². The smallest absolute Gasteiger partial charge is 0.322 e. The van der Waals surface area contributed by atoms with Gasteiger partial charge in [0.15, 0.2) is 0 Å². The highest BCUT2D eigenvalue weighted by Crippen LogP contribution is 2.29. The fourth-order valence-electron chi connectivity index (χ4n) is 3.11. The summed E-state index contributed by atoms with van der Waals surface area (Å²) in [5, 5.41) is 6.18.